The Morgan fingerprint density at radius 1 is 1.24 bits per heavy atom. The van der Waals surface area contributed by atoms with E-state index in [9.17, 15) is 9.90 Å². The van der Waals surface area contributed by atoms with Crippen LogP contribution < -0.4 is 10.8 Å². The first-order valence-corrected chi connectivity index (χ1v) is 7.38. The molecule has 21 heavy (non-hydrogen) atoms. The van der Waals surface area contributed by atoms with Gasteiger partial charge in [-0.1, -0.05) is 24.6 Å². The van der Waals surface area contributed by atoms with Crippen LogP contribution in [0.3, 0.4) is 0 Å². The van der Waals surface area contributed by atoms with Crippen molar-refractivity contribution in [1.29, 1.82) is 0 Å². The van der Waals surface area contributed by atoms with Crippen LogP contribution in [0.4, 0.5) is 10.5 Å². The summed E-state index contributed by atoms with van der Waals surface area (Å²) < 4.78 is 0. The summed E-state index contributed by atoms with van der Waals surface area (Å²) in [5, 5.41) is 12.5. The van der Waals surface area contributed by atoms with Gasteiger partial charge in [0, 0.05) is 12.2 Å². The number of benzene rings is 1. The summed E-state index contributed by atoms with van der Waals surface area (Å²) >= 11 is 0. The molecule has 6 nitrogen and oxygen atoms in total. The number of para-hydroxylation sites is 1. The lowest BCUT2D eigenvalue weighted by Gasteiger charge is -2.28. The third kappa shape index (κ3) is 6.12. The van der Waals surface area contributed by atoms with Crippen molar-refractivity contribution in [3.8, 4) is 0 Å². The average Bonchev–Trinajstić information content (AvgIpc) is 2.49. The summed E-state index contributed by atoms with van der Waals surface area (Å²) in [7, 11) is 0. The lowest BCUT2D eigenvalue weighted by molar-refractivity contribution is -0.0156. The van der Waals surface area contributed by atoms with Gasteiger partial charge >= 0.3 is 6.03 Å². The fourth-order valence-corrected chi connectivity index (χ4v) is 2.37. The van der Waals surface area contributed by atoms with E-state index in [0.717, 1.165) is 13.1 Å². The number of carbonyl (C=O) groups is 1. The number of carbonyl (C=O) groups excluding carboxylic acids is 1. The van der Waals surface area contributed by atoms with Crippen molar-refractivity contribution in [2.45, 2.75) is 25.4 Å². The van der Waals surface area contributed by atoms with E-state index in [-0.39, 0.29) is 6.61 Å². The van der Waals surface area contributed by atoms with E-state index >= 15 is 0 Å². The molecule has 1 aliphatic rings. The SMILES string of the molecule is O=C(NOCC(O)CN1CCCCC1)Nc1ccccc1. The maximum atomic E-state index is 11.5. The Morgan fingerprint density at radius 2 is 1.95 bits per heavy atom. The molecule has 1 unspecified atom stereocenters. The number of hydrogen-bond acceptors (Lipinski definition) is 4. The van der Waals surface area contributed by atoms with Crippen molar-refractivity contribution >= 4 is 11.7 Å². The molecule has 1 fully saturated rings. The van der Waals surface area contributed by atoms with Gasteiger partial charge in [0.25, 0.3) is 0 Å². The Bertz CT molecular complexity index is 421. The number of nitrogens with zero attached hydrogens (tertiary/aromatic N) is 1. The molecule has 1 aliphatic heterocycles. The minimum atomic E-state index is -0.597. The Balaban J connectivity index is 1.58. The maximum Gasteiger partial charge on any atom is 0.343 e. The molecule has 1 atom stereocenters. The van der Waals surface area contributed by atoms with Gasteiger partial charge in [0.2, 0.25) is 0 Å². The molecule has 116 valence electrons. The molecule has 0 aromatic heterocycles. The smallest absolute Gasteiger partial charge is 0.343 e. The maximum absolute atomic E-state index is 11.5. The van der Waals surface area contributed by atoms with Crippen LogP contribution in [0.1, 0.15) is 19.3 Å². The Labute approximate surface area is 125 Å². The van der Waals surface area contributed by atoms with Gasteiger partial charge < -0.3 is 15.3 Å². The highest BCUT2D eigenvalue weighted by molar-refractivity contribution is 5.88. The van der Waals surface area contributed by atoms with Crippen molar-refractivity contribution < 1.29 is 14.7 Å². The Kier molecular flexibility index (Phi) is 6.46. The van der Waals surface area contributed by atoms with Crippen molar-refractivity contribution in [1.82, 2.24) is 10.4 Å². The predicted molar refractivity (Wildman–Crippen MR) is 80.8 cm³/mol. The van der Waals surface area contributed by atoms with Crippen LogP contribution in [0.15, 0.2) is 30.3 Å². The van der Waals surface area contributed by atoms with E-state index in [2.05, 4.69) is 15.7 Å². The molecule has 1 aromatic rings. The average molecular weight is 293 g/mol. The number of anilines is 1. The molecule has 0 saturated carbocycles. The summed E-state index contributed by atoms with van der Waals surface area (Å²) in [6, 6.07) is 8.65. The molecule has 0 aliphatic carbocycles. The second kappa shape index (κ2) is 8.61. The monoisotopic (exact) mass is 293 g/mol. The summed E-state index contributed by atoms with van der Waals surface area (Å²) in [5.74, 6) is 0. The summed E-state index contributed by atoms with van der Waals surface area (Å²) in [6.07, 6.45) is 3.04. The molecule has 6 heteroatoms. The zero-order chi connectivity index (χ0) is 14.9. The molecule has 2 rings (SSSR count). The second-order valence-electron chi connectivity index (χ2n) is 5.25. The first-order chi connectivity index (χ1) is 10.2. The quantitative estimate of drug-likeness (QED) is 0.696. The lowest BCUT2D eigenvalue weighted by Crippen LogP contribution is -2.40. The number of aliphatic hydroxyl groups is 1. The number of β-amino-alcohol motifs (C(OH)–C–C–N with tert-alkyl or cyclic N) is 1. The van der Waals surface area contributed by atoms with Crippen LogP contribution >= 0.6 is 0 Å². The highest BCUT2D eigenvalue weighted by Gasteiger charge is 2.15. The van der Waals surface area contributed by atoms with Crippen LogP contribution in [0.25, 0.3) is 0 Å². The first kappa shape index (κ1) is 15.8. The minimum Gasteiger partial charge on any atom is -0.389 e. The Morgan fingerprint density at radius 3 is 2.67 bits per heavy atom. The van der Waals surface area contributed by atoms with Gasteiger partial charge in [-0.2, -0.15) is 0 Å². The molecule has 1 heterocycles. The number of hydrogen-bond donors (Lipinski definition) is 3. The highest BCUT2D eigenvalue weighted by atomic mass is 16.7. The number of rotatable bonds is 6. The number of hydroxylamine groups is 1. The van der Waals surface area contributed by atoms with Gasteiger partial charge in [0.05, 0.1) is 6.10 Å². The van der Waals surface area contributed by atoms with Gasteiger partial charge in [-0.3, -0.25) is 4.84 Å². The zero-order valence-electron chi connectivity index (χ0n) is 12.1. The molecular weight excluding hydrogens is 270 g/mol. The zero-order valence-corrected chi connectivity index (χ0v) is 12.1. The van der Waals surface area contributed by atoms with Gasteiger partial charge in [0.15, 0.2) is 0 Å². The number of amides is 2. The first-order valence-electron chi connectivity index (χ1n) is 7.38. The number of likely N-dealkylation sites (tertiary alicyclic amines) is 1. The Hall–Kier alpha value is -1.63. The van der Waals surface area contributed by atoms with E-state index in [1.807, 2.05) is 18.2 Å². The van der Waals surface area contributed by atoms with Gasteiger partial charge in [-0.25, -0.2) is 10.3 Å². The molecule has 0 spiro atoms. The largest absolute Gasteiger partial charge is 0.389 e. The van der Waals surface area contributed by atoms with Crippen molar-refractivity contribution in [3.05, 3.63) is 30.3 Å². The lowest BCUT2D eigenvalue weighted by atomic mass is 10.1. The highest BCUT2D eigenvalue weighted by Crippen LogP contribution is 2.09. The summed E-state index contributed by atoms with van der Waals surface area (Å²) in [6.45, 7) is 2.72. The van der Waals surface area contributed by atoms with Crippen molar-refractivity contribution in [2.75, 3.05) is 31.6 Å². The van der Waals surface area contributed by atoms with Gasteiger partial charge in [-0.15, -0.1) is 0 Å². The second-order valence-corrected chi connectivity index (χ2v) is 5.25. The van der Waals surface area contributed by atoms with Crippen LogP contribution in [-0.4, -0.2) is 48.4 Å². The molecule has 1 saturated heterocycles. The van der Waals surface area contributed by atoms with Crippen LogP contribution in [0, 0.1) is 0 Å². The molecule has 2 amide bonds. The number of piperidine rings is 1. The van der Waals surface area contributed by atoms with E-state index < -0.39 is 12.1 Å². The van der Waals surface area contributed by atoms with E-state index in [1.54, 1.807) is 12.1 Å². The normalized spacial score (nSPS) is 17.2. The molecule has 0 radical (unpaired) electrons. The molecular formula is C15H23N3O3. The summed E-state index contributed by atoms with van der Waals surface area (Å²) in [5.41, 5.74) is 2.96. The van der Waals surface area contributed by atoms with Gasteiger partial charge in [-0.05, 0) is 38.1 Å². The minimum absolute atomic E-state index is 0.0821. The van der Waals surface area contributed by atoms with Crippen molar-refractivity contribution in [2.24, 2.45) is 0 Å². The third-order valence-corrected chi connectivity index (χ3v) is 3.39. The van der Waals surface area contributed by atoms with E-state index in [1.165, 1.54) is 19.3 Å². The number of urea groups is 1. The van der Waals surface area contributed by atoms with Crippen LogP contribution in [-0.2, 0) is 4.84 Å². The summed E-state index contributed by atoms with van der Waals surface area (Å²) in [4.78, 5) is 18.8. The van der Waals surface area contributed by atoms with E-state index in [4.69, 9.17) is 4.84 Å². The topological polar surface area (TPSA) is 73.8 Å². The third-order valence-electron chi connectivity index (χ3n) is 3.39. The number of aliphatic hydroxyl groups excluding tert-OH is 1. The van der Waals surface area contributed by atoms with E-state index in [0.29, 0.717) is 12.2 Å². The van der Waals surface area contributed by atoms with Crippen LogP contribution in [0.5, 0.6) is 0 Å². The molecule has 1 aromatic carbocycles. The van der Waals surface area contributed by atoms with Crippen LogP contribution in [0.2, 0.25) is 0 Å². The van der Waals surface area contributed by atoms with Gasteiger partial charge in [0.1, 0.15) is 6.61 Å². The fourth-order valence-electron chi connectivity index (χ4n) is 2.37. The predicted octanol–water partition coefficient (Wildman–Crippen LogP) is 1.59. The number of nitrogens with one attached hydrogen (secondary N) is 2. The fraction of sp³-hybridized carbons (Fsp3) is 0.533. The molecule has 0 bridgehead atoms. The standard InChI is InChI=1S/C15H23N3O3/c19-14(11-18-9-5-2-6-10-18)12-21-17-15(20)16-13-7-3-1-4-8-13/h1,3-4,7-8,14,19H,2,5-6,9-12H2,(H2,16,17,20). The van der Waals surface area contributed by atoms with Crippen molar-refractivity contribution in [3.63, 3.8) is 0 Å². The molecule has 3 N–H and O–H groups in total.